The summed E-state index contributed by atoms with van der Waals surface area (Å²) >= 11 is 13.3. The molecule has 0 atom stereocenters. The first-order chi connectivity index (χ1) is 51.6. The molecular weight excluding hydrogens is 1570 g/mol. The molecule has 33 heteroatoms. The van der Waals surface area contributed by atoms with Crippen LogP contribution in [-0.4, -0.2) is 339 Å². The molecule has 9 N–H and O–H groups in total. The first kappa shape index (κ1) is 102. The van der Waals surface area contributed by atoms with Crippen LogP contribution in [0.15, 0.2) is 129 Å². The Hall–Kier alpha value is -0.652. The van der Waals surface area contributed by atoms with Crippen LogP contribution in [-0.2, 0) is 94.5 Å². The van der Waals surface area contributed by atoms with Crippen LogP contribution in [0.4, 0.5) is 15.3 Å². The first-order valence-electron chi connectivity index (χ1n) is 37.2. The van der Waals surface area contributed by atoms with Crippen molar-refractivity contribution in [2.75, 3.05) is 45.0 Å². The van der Waals surface area contributed by atoms with E-state index in [-0.39, 0.29) is 81.4 Å². The van der Waals surface area contributed by atoms with Gasteiger partial charge in [0.1, 0.15) is 22.9 Å². The maximum absolute atomic E-state index is 12.2. The average molecular weight is 1680 g/mol. The third kappa shape index (κ3) is 35.3. The van der Waals surface area contributed by atoms with Crippen molar-refractivity contribution in [3.05, 3.63) is 224 Å². The van der Waals surface area contributed by atoms with E-state index in [2.05, 4.69) is 52.8 Å². The summed E-state index contributed by atoms with van der Waals surface area (Å²) < 4.78 is 16.4. The molecule has 0 saturated carbocycles. The number of likely N-dealkylation sites (tertiary alicyclic amines) is 2. The molecule has 0 bridgehead atoms. The minimum atomic E-state index is -0.499. The van der Waals surface area contributed by atoms with E-state index >= 15 is 0 Å². The van der Waals surface area contributed by atoms with Gasteiger partial charge >= 0.3 is 202 Å². The number of aromatic nitrogens is 12. The maximum atomic E-state index is 12.2. The summed E-state index contributed by atoms with van der Waals surface area (Å²) in [5, 5.41) is 16.6. The van der Waals surface area contributed by atoms with Gasteiger partial charge in [-0.3, -0.25) is 28.4 Å². The number of carbonyl (C=O) groups is 5. The van der Waals surface area contributed by atoms with Gasteiger partial charge < -0.3 is 47.5 Å². The first-order valence-corrected chi connectivity index (χ1v) is 85.6. The van der Waals surface area contributed by atoms with Crippen molar-refractivity contribution in [2.45, 2.75) is 177 Å². The molecule has 9 heterocycles. The second kappa shape index (κ2) is 52.4. The predicted molar refractivity (Wildman–Crippen MR) is 436 cm³/mol. The van der Waals surface area contributed by atoms with Crippen LogP contribution >= 0.6 is 11.6 Å². The zero-order valence-corrected chi connectivity index (χ0v) is 85.2. The Morgan fingerprint density at radius 3 is 1.10 bits per heavy atom. The van der Waals surface area contributed by atoms with E-state index in [1.807, 2.05) is 169 Å². The number of benzene rings is 3. The van der Waals surface area contributed by atoms with Crippen molar-refractivity contribution in [3.8, 4) is 0 Å². The Kier molecular flexibility index (Phi) is 48.5. The van der Waals surface area contributed by atoms with Gasteiger partial charge in [0.15, 0.2) is 0 Å². The summed E-state index contributed by atoms with van der Waals surface area (Å²) in [6.07, 6.45) is 22.8. The van der Waals surface area contributed by atoms with Crippen molar-refractivity contribution in [1.82, 2.24) is 74.4 Å². The van der Waals surface area contributed by atoms with Gasteiger partial charge in [0, 0.05) is 106 Å². The number of nitrogen functional groups attached to an aromatic ring is 1. The Morgan fingerprint density at radius 2 is 0.782 bits per heavy atom. The summed E-state index contributed by atoms with van der Waals surface area (Å²) in [6.45, 7) is 21.5. The zero-order chi connectivity index (χ0) is 79.3. The summed E-state index contributed by atoms with van der Waals surface area (Å²) in [5.41, 5.74) is 35.9. The number of nitrogens with two attached hydrogens (primary N) is 4. The topological polar surface area (TPSA) is 357 Å². The van der Waals surface area contributed by atoms with Crippen LogP contribution in [0.3, 0.4) is 0 Å². The Balaban J connectivity index is 0.000000311. The van der Waals surface area contributed by atoms with E-state index < -0.39 is 11.2 Å². The number of hydrogen-bond donors (Lipinski definition) is 5. The molecule has 3 fully saturated rings. The van der Waals surface area contributed by atoms with E-state index in [0.29, 0.717) is 50.7 Å². The van der Waals surface area contributed by atoms with Crippen molar-refractivity contribution in [1.29, 1.82) is 0 Å². The molecule has 0 radical (unpaired) electrons. The molecule has 3 aliphatic rings. The van der Waals surface area contributed by atoms with Gasteiger partial charge in [0.2, 0.25) is 23.0 Å². The third-order valence-corrected chi connectivity index (χ3v) is 17.4. The number of anilines is 1. The molecule has 0 spiro atoms. The minimum absolute atomic E-state index is 0. The van der Waals surface area contributed by atoms with Gasteiger partial charge in [-0.05, 0) is 174 Å². The predicted octanol–water partition coefficient (Wildman–Crippen LogP) is 7.20. The van der Waals surface area contributed by atoms with Crippen molar-refractivity contribution < 1.29 is 33.4 Å². The van der Waals surface area contributed by atoms with Crippen LogP contribution in [0.25, 0.3) is 0 Å². The molecule has 0 unspecified atom stereocenters. The number of halogens is 1. The Morgan fingerprint density at radius 1 is 0.464 bits per heavy atom. The number of hydrogen-bond acceptors (Lipinski definition) is 18. The normalized spacial score (nSPS) is 13.0. The molecule has 26 nitrogen and oxygen atoms in total. The fraction of sp³-hybridized carbons (Fsp3) is 0.429. The van der Waals surface area contributed by atoms with E-state index in [0.717, 1.165) is 142 Å². The molecule has 6 aromatic heterocycles. The SMILES string of the molecule is C.C.CC(C)(C)OC(=O)N1CC(n2cc(N)cn2)C1.Cc1cnc(Cc2cnn(C3CN(C(=O)OC(C)(C)C)C3)c2)nc1CCc1ccccc1CC(N)=O.Cc1cnc(Cc2cnn(C3CNC3)c2)nc1CCc1ccccc1CC(N)=O.Cc1cnc(Cl)nc1CCc1ccccc1CC(N)=O.[K][K].[K][K].[K][K]. The molecule has 12 rings (SSSR count). The van der Waals surface area contributed by atoms with E-state index in [1.165, 1.54) is 189 Å². The number of amides is 5. The molecular formula is C77H102ClK6N19O7. The fourth-order valence-corrected chi connectivity index (χ4v) is 11.7. The van der Waals surface area contributed by atoms with Crippen molar-refractivity contribution >= 4 is 237 Å². The fourth-order valence-electron chi connectivity index (χ4n) is 11.6. The molecule has 3 aromatic carbocycles. The summed E-state index contributed by atoms with van der Waals surface area (Å²) in [6, 6.07) is 24.5. The molecule has 9 aromatic rings. The number of nitrogens with zero attached hydrogens (tertiary/aromatic N) is 14. The molecule has 3 saturated heterocycles. The number of carbonyl (C=O) groups excluding carboxylic acids is 5. The number of rotatable bonds is 22. The Labute approximate surface area is 789 Å². The molecule has 5 amide bonds. The van der Waals surface area contributed by atoms with Crippen LogP contribution < -0.4 is 28.3 Å². The van der Waals surface area contributed by atoms with Gasteiger partial charge in [0.25, 0.3) is 0 Å². The number of nitrogens with one attached hydrogen (secondary N) is 1. The van der Waals surface area contributed by atoms with Crippen LogP contribution in [0.2, 0.25) is 5.28 Å². The van der Waals surface area contributed by atoms with Crippen molar-refractivity contribution in [2.24, 2.45) is 17.2 Å². The second-order valence-corrected chi connectivity index (χ2v) is 28.3. The van der Waals surface area contributed by atoms with Gasteiger partial charge in [-0.15, -0.1) is 0 Å². The Bertz CT molecular complexity index is 4380. The number of aryl methyl sites for hydroxylation is 9. The molecule has 3 aliphatic heterocycles. The van der Waals surface area contributed by atoms with Gasteiger partial charge in [0.05, 0.1) is 61.7 Å². The second-order valence-electron chi connectivity index (χ2n) is 28.0. The van der Waals surface area contributed by atoms with Crippen LogP contribution in [0.5, 0.6) is 0 Å². The third-order valence-electron chi connectivity index (χ3n) is 17.2. The zero-order valence-electron chi connectivity index (χ0n) is 65.7. The standard InChI is InChI=1S/C27H34N6O3.C22H26N6O.C15H16ClN3O.C11H18N4O2.2CH4.6K/c1-18-13-29-25(31-23(18)10-9-20-7-5-6-8-21(20)12-24(28)34)11-19-14-30-33(15-19)22-16-32(17-22)26(35)36-27(2,3)4;1-15-10-25-22(8-16-11-26-28(14-16)19-12-24-13-19)27-20(15)7-6-17-4-2-3-5-18(17)9-21(23)29;1-10-9-18-15(16)19-13(10)7-6-11-4-2-3-5-12(11)8-14(17)20;1-11(2,3)17-10(16)14-6-9(7-14)15-5-8(12)4-13-15;;;;;;;;/h5-8,13-15,22H,9-12,16-17H2,1-4H3,(H2,28,34);2-5,10-11,14,19,24H,6-9,12-13H2,1H3,(H2,23,29);2-5,9H,6-8H2,1H3,(H2,17,20);4-5,9H,6-7,12H2,1-3H3;2*1H4;;;;;;. The number of ether oxygens (including phenoxy) is 2. The molecule has 110 heavy (non-hydrogen) atoms. The summed E-state index contributed by atoms with van der Waals surface area (Å²) in [5.74, 6) is 0.588. The monoisotopic (exact) mass is 1670 g/mol. The average Bonchev–Trinajstić information content (AvgIpc) is 1.51. The van der Waals surface area contributed by atoms with Gasteiger partial charge in [-0.25, -0.2) is 39.5 Å². The van der Waals surface area contributed by atoms with Gasteiger partial charge in [-0.1, -0.05) is 87.6 Å². The van der Waals surface area contributed by atoms with Crippen LogP contribution in [0.1, 0.15) is 164 Å². The van der Waals surface area contributed by atoms with E-state index in [9.17, 15) is 24.0 Å². The van der Waals surface area contributed by atoms with Gasteiger partial charge in [-0.2, -0.15) is 15.3 Å². The van der Waals surface area contributed by atoms with E-state index in [4.69, 9.17) is 54.0 Å². The number of primary amides is 3. The summed E-state index contributed by atoms with van der Waals surface area (Å²) in [7, 11) is 0. The molecule has 560 valence electrons. The summed E-state index contributed by atoms with van der Waals surface area (Å²) in [4.78, 5) is 87.9. The van der Waals surface area contributed by atoms with Crippen molar-refractivity contribution in [3.63, 3.8) is 0 Å². The molecule has 0 aliphatic carbocycles. The van der Waals surface area contributed by atoms with Crippen LogP contribution in [0, 0.1) is 20.8 Å². The van der Waals surface area contributed by atoms with E-state index in [1.54, 1.807) is 33.1 Å². The quantitative estimate of drug-likeness (QED) is 0.0330.